The highest BCUT2D eigenvalue weighted by molar-refractivity contribution is 7.91. The lowest BCUT2D eigenvalue weighted by molar-refractivity contribution is 0.215. The maximum atomic E-state index is 13.3. The molecule has 0 bridgehead atoms. The molecular formula is C15H23FN2O2S. The van der Waals surface area contributed by atoms with Crippen LogP contribution in [0.1, 0.15) is 24.9 Å². The van der Waals surface area contributed by atoms with Gasteiger partial charge in [-0.15, -0.1) is 0 Å². The number of benzene rings is 1. The van der Waals surface area contributed by atoms with Crippen molar-refractivity contribution < 1.29 is 12.8 Å². The molecule has 1 fully saturated rings. The predicted octanol–water partition coefficient (Wildman–Crippen LogP) is 1.60. The van der Waals surface area contributed by atoms with E-state index < -0.39 is 9.84 Å². The van der Waals surface area contributed by atoms with Crippen molar-refractivity contribution in [3.63, 3.8) is 0 Å². The maximum absolute atomic E-state index is 13.3. The third-order valence-electron chi connectivity index (χ3n) is 4.11. The fourth-order valence-corrected chi connectivity index (χ4v) is 4.49. The van der Waals surface area contributed by atoms with Gasteiger partial charge in [0.25, 0.3) is 0 Å². The minimum Gasteiger partial charge on any atom is -0.313 e. The third kappa shape index (κ3) is 4.49. The highest BCUT2D eigenvalue weighted by atomic mass is 32.2. The Morgan fingerprint density at radius 1 is 1.48 bits per heavy atom. The van der Waals surface area contributed by atoms with Crippen LogP contribution in [0.5, 0.6) is 0 Å². The summed E-state index contributed by atoms with van der Waals surface area (Å²) < 4.78 is 36.5. The summed E-state index contributed by atoms with van der Waals surface area (Å²) in [5.41, 5.74) is 0.926. The molecule has 4 nitrogen and oxygen atoms in total. The van der Waals surface area contributed by atoms with Gasteiger partial charge in [0.1, 0.15) is 5.82 Å². The lowest BCUT2D eigenvalue weighted by Crippen LogP contribution is -2.47. The average Bonchev–Trinajstić information content (AvgIpc) is 2.41. The van der Waals surface area contributed by atoms with E-state index in [1.807, 2.05) is 20.0 Å². The molecule has 0 aromatic heterocycles. The van der Waals surface area contributed by atoms with Gasteiger partial charge in [-0.25, -0.2) is 12.8 Å². The Kier molecular flexibility index (Phi) is 5.35. The standard InChI is InChI=1S/C15H23FN2O2S/c1-12-11-21(19,20)9-8-18(12)7-6-15(17-2)13-4-3-5-14(16)10-13/h3-5,10,12,15,17H,6-9,11H2,1-2H3. The highest BCUT2D eigenvalue weighted by Crippen LogP contribution is 2.20. The minimum absolute atomic E-state index is 0.0498. The zero-order valence-electron chi connectivity index (χ0n) is 12.5. The van der Waals surface area contributed by atoms with Gasteiger partial charge >= 0.3 is 0 Å². The van der Waals surface area contributed by atoms with Gasteiger partial charge in [-0.2, -0.15) is 0 Å². The Morgan fingerprint density at radius 2 is 2.24 bits per heavy atom. The highest BCUT2D eigenvalue weighted by Gasteiger charge is 2.28. The molecule has 0 spiro atoms. The number of nitrogens with one attached hydrogen (secondary N) is 1. The van der Waals surface area contributed by atoms with Crippen molar-refractivity contribution in [1.29, 1.82) is 0 Å². The van der Waals surface area contributed by atoms with Crippen LogP contribution in [-0.4, -0.2) is 51.0 Å². The molecule has 1 aromatic rings. The normalized spacial score (nSPS) is 23.9. The van der Waals surface area contributed by atoms with Crippen molar-refractivity contribution in [3.05, 3.63) is 35.6 Å². The van der Waals surface area contributed by atoms with E-state index in [1.54, 1.807) is 12.1 Å². The van der Waals surface area contributed by atoms with Crippen LogP contribution in [0.2, 0.25) is 0 Å². The molecule has 1 saturated heterocycles. The zero-order valence-corrected chi connectivity index (χ0v) is 13.4. The molecule has 1 aliphatic rings. The van der Waals surface area contributed by atoms with E-state index in [1.165, 1.54) is 6.07 Å². The fourth-order valence-electron chi connectivity index (χ4n) is 2.86. The summed E-state index contributed by atoms with van der Waals surface area (Å²) in [7, 11) is -1.01. The second kappa shape index (κ2) is 6.85. The lowest BCUT2D eigenvalue weighted by Gasteiger charge is -2.34. The molecule has 2 atom stereocenters. The number of sulfone groups is 1. The quantitative estimate of drug-likeness (QED) is 0.897. The second-order valence-corrected chi connectivity index (χ2v) is 7.91. The largest absolute Gasteiger partial charge is 0.313 e. The lowest BCUT2D eigenvalue weighted by atomic mass is 10.0. The first kappa shape index (κ1) is 16.4. The topological polar surface area (TPSA) is 49.4 Å². The van der Waals surface area contributed by atoms with Crippen LogP contribution in [0.3, 0.4) is 0 Å². The summed E-state index contributed by atoms with van der Waals surface area (Å²) in [6, 6.07) is 6.73. The van der Waals surface area contributed by atoms with E-state index in [0.29, 0.717) is 6.54 Å². The molecule has 118 valence electrons. The first-order valence-electron chi connectivity index (χ1n) is 7.28. The molecule has 0 amide bonds. The van der Waals surface area contributed by atoms with E-state index in [9.17, 15) is 12.8 Å². The molecule has 0 radical (unpaired) electrons. The smallest absolute Gasteiger partial charge is 0.153 e. The summed E-state index contributed by atoms with van der Waals surface area (Å²) >= 11 is 0. The molecule has 2 unspecified atom stereocenters. The van der Waals surface area contributed by atoms with Gasteiger partial charge in [0, 0.05) is 25.2 Å². The molecule has 1 aliphatic heterocycles. The number of hydrogen-bond donors (Lipinski definition) is 1. The monoisotopic (exact) mass is 314 g/mol. The van der Waals surface area contributed by atoms with Crippen LogP contribution < -0.4 is 5.32 Å². The number of rotatable bonds is 5. The molecular weight excluding hydrogens is 291 g/mol. The van der Waals surface area contributed by atoms with Gasteiger partial charge < -0.3 is 5.32 Å². The minimum atomic E-state index is -2.87. The van der Waals surface area contributed by atoms with Crippen molar-refractivity contribution in [3.8, 4) is 0 Å². The Labute approximate surface area is 126 Å². The fraction of sp³-hybridized carbons (Fsp3) is 0.600. The molecule has 21 heavy (non-hydrogen) atoms. The Morgan fingerprint density at radius 3 is 2.86 bits per heavy atom. The van der Waals surface area contributed by atoms with E-state index in [4.69, 9.17) is 0 Å². The number of hydrogen-bond acceptors (Lipinski definition) is 4. The Hall–Kier alpha value is -0.980. The van der Waals surface area contributed by atoms with Gasteiger partial charge in [0.2, 0.25) is 0 Å². The summed E-state index contributed by atoms with van der Waals surface area (Å²) in [5.74, 6) is 0.240. The summed E-state index contributed by atoms with van der Waals surface area (Å²) in [6.45, 7) is 3.34. The second-order valence-electron chi connectivity index (χ2n) is 5.68. The van der Waals surface area contributed by atoms with E-state index in [-0.39, 0.29) is 29.4 Å². The average molecular weight is 314 g/mol. The van der Waals surface area contributed by atoms with Crippen LogP contribution in [0.25, 0.3) is 0 Å². The Bertz CT molecular complexity index is 577. The number of halogens is 1. The maximum Gasteiger partial charge on any atom is 0.153 e. The summed E-state index contributed by atoms with van der Waals surface area (Å²) in [5, 5.41) is 3.20. The first-order chi connectivity index (χ1) is 9.91. The van der Waals surface area contributed by atoms with Crippen LogP contribution >= 0.6 is 0 Å². The van der Waals surface area contributed by atoms with Crippen molar-refractivity contribution in [1.82, 2.24) is 10.2 Å². The molecule has 2 rings (SSSR count). The van der Waals surface area contributed by atoms with Gasteiger partial charge in [0.05, 0.1) is 11.5 Å². The number of nitrogens with zero attached hydrogens (tertiary/aromatic N) is 1. The van der Waals surface area contributed by atoms with Gasteiger partial charge in [-0.1, -0.05) is 12.1 Å². The summed E-state index contributed by atoms with van der Waals surface area (Å²) in [6.07, 6.45) is 0.824. The van der Waals surface area contributed by atoms with E-state index in [2.05, 4.69) is 10.2 Å². The van der Waals surface area contributed by atoms with Crippen molar-refractivity contribution >= 4 is 9.84 Å². The molecule has 1 aromatic carbocycles. The van der Waals surface area contributed by atoms with E-state index in [0.717, 1.165) is 18.5 Å². The molecule has 1 heterocycles. The molecule has 0 aliphatic carbocycles. The van der Waals surface area contributed by atoms with Crippen molar-refractivity contribution in [2.45, 2.75) is 25.4 Å². The third-order valence-corrected chi connectivity index (χ3v) is 5.91. The van der Waals surface area contributed by atoms with E-state index >= 15 is 0 Å². The Balaban J connectivity index is 1.95. The van der Waals surface area contributed by atoms with Gasteiger partial charge in [-0.3, -0.25) is 4.90 Å². The van der Waals surface area contributed by atoms with Crippen LogP contribution in [0.15, 0.2) is 24.3 Å². The molecule has 1 N–H and O–H groups in total. The van der Waals surface area contributed by atoms with Crippen molar-refractivity contribution in [2.24, 2.45) is 0 Å². The van der Waals surface area contributed by atoms with Crippen LogP contribution in [-0.2, 0) is 9.84 Å². The van der Waals surface area contributed by atoms with Crippen molar-refractivity contribution in [2.75, 3.05) is 31.6 Å². The van der Waals surface area contributed by atoms with Crippen LogP contribution in [0.4, 0.5) is 4.39 Å². The van der Waals surface area contributed by atoms with Crippen LogP contribution in [0, 0.1) is 5.82 Å². The predicted molar refractivity (Wildman–Crippen MR) is 82.5 cm³/mol. The first-order valence-corrected chi connectivity index (χ1v) is 9.10. The summed E-state index contributed by atoms with van der Waals surface area (Å²) in [4.78, 5) is 2.20. The zero-order chi connectivity index (χ0) is 15.5. The molecule has 0 saturated carbocycles. The SMILES string of the molecule is CNC(CCN1CCS(=O)(=O)CC1C)c1cccc(F)c1. The van der Waals surface area contributed by atoms with Gasteiger partial charge in [-0.05, 0) is 38.1 Å². The van der Waals surface area contributed by atoms with Gasteiger partial charge in [0.15, 0.2) is 9.84 Å². The molecule has 6 heteroatoms.